The van der Waals surface area contributed by atoms with E-state index in [2.05, 4.69) is 49.7 Å². The summed E-state index contributed by atoms with van der Waals surface area (Å²) in [6, 6.07) is 9.31. The molecule has 0 saturated heterocycles. The molecule has 1 aromatic rings. The molecule has 0 aliphatic carbocycles. The smallest absolute Gasteiger partial charge is 0.243 e. The number of hydrogen-bond donors (Lipinski definition) is 3. The standard InChI is InChI=1S/C30H48N4O2/c1-8-14-23(6)27(31-18-10-3)19-24(7)33-26(15-9-2)21-32-30(36)28(34-29(35)22(4)5)20-25-16-12-11-13-17-25/h10-13,15-18,22-24,28,33H,8-9,14,19-21H2,1-7H3,(H,32,36)(H,34,35)/b18-10-,26-15+,31-27?/t23?,24?,28-/m0/s1. The van der Waals surface area contributed by atoms with Gasteiger partial charge in [0.25, 0.3) is 0 Å². The van der Waals surface area contributed by atoms with Crippen LogP contribution in [-0.2, 0) is 16.0 Å². The first kappa shape index (κ1) is 31.1. The molecule has 6 heteroatoms. The van der Waals surface area contributed by atoms with Crippen molar-refractivity contribution in [1.29, 1.82) is 0 Å². The molecule has 0 aliphatic rings. The molecule has 0 aromatic heterocycles. The molecule has 0 spiro atoms. The maximum Gasteiger partial charge on any atom is 0.243 e. The minimum absolute atomic E-state index is 0.128. The zero-order valence-electron chi connectivity index (χ0n) is 23.4. The first-order valence-electron chi connectivity index (χ1n) is 13.5. The van der Waals surface area contributed by atoms with Gasteiger partial charge in [-0.25, -0.2) is 0 Å². The molecule has 0 aliphatic heterocycles. The normalized spacial score (nSPS) is 15.0. The van der Waals surface area contributed by atoms with Gasteiger partial charge in [-0.1, -0.05) is 83.5 Å². The third-order valence-corrected chi connectivity index (χ3v) is 5.97. The Morgan fingerprint density at radius 2 is 1.69 bits per heavy atom. The lowest BCUT2D eigenvalue weighted by molar-refractivity contribution is -0.130. The van der Waals surface area contributed by atoms with Gasteiger partial charge in [-0.3, -0.25) is 14.6 Å². The molecule has 2 amide bonds. The van der Waals surface area contributed by atoms with Crippen LogP contribution in [0.3, 0.4) is 0 Å². The molecule has 1 aromatic carbocycles. The SMILES string of the molecule is C/C=C\N=C(CC(C)N/C(=C/CC)CNC(=O)[C@H](Cc1ccccc1)NC(=O)C(C)C)C(C)CCC. The van der Waals surface area contributed by atoms with Crippen LogP contribution in [0.2, 0.25) is 0 Å². The second kappa shape index (κ2) is 17.5. The van der Waals surface area contributed by atoms with Gasteiger partial charge in [0.05, 0.1) is 6.54 Å². The molecule has 0 fully saturated rings. The third-order valence-electron chi connectivity index (χ3n) is 5.97. The van der Waals surface area contributed by atoms with Crippen molar-refractivity contribution in [2.75, 3.05) is 6.54 Å². The van der Waals surface area contributed by atoms with Crippen LogP contribution in [0.1, 0.15) is 79.7 Å². The molecule has 0 bridgehead atoms. The summed E-state index contributed by atoms with van der Waals surface area (Å²) >= 11 is 0. The van der Waals surface area contributed by atoms with E-state index in [1.54, 1.807) is 0 Å². The Labute approximate surface area is 219 Å². The molecule has 0 saturated carbocycles. The fraction of sp³-hybridized carbons (Fsp3) is 0.567. The summed E-state index contributed by atoms with van der Waals surface area (Å²) in [7, 11) is 0. The second-order valence-corrected chi connectivity index (χ2v) is 9.80. The minimum atomic E-state index is -0.628. The highest BCUT2D eigenvalue weighted by molar-refractivity contribution is 5.89. The molecule has 2 unspecified atom stereocenters. The number of benzene rings is 1. The van der Waals surface area contributed by atoms with Gasteiger partial charge in [0.1, 0.15) is 6.04 Å². The monoisotopic (exact) mass is 496 g/mol. The molecule has 3 N–H and O–H groups in total. The van der Waals surface area contributed by atoms with Crippen molar-refractivity contribution in [3.8, 4) is 0 Å². The Kier molecular flexibility index (Phi) is 15.2. The highest BCUT2D eigenvalue weighted by atomic mass is 16.2. The number of allylic oxidation sites excluding steroid dienone is 2. The number of nitrogens with zero attached hydrogens (tertiary/aromatic N) is 1. The van der Waals surface area contributed by atoms with Gasteiger partial charge in [-0.05, 0) is 38.2 Å². The maximum atomic E-state index is 13.1. The predicted octanol–water partition coefficient (Wildman–Crippen LogP) is 5.56. The summed E-state index contributed by atoms with van der Waals surface area (Å²) in [6.45, 7) is 14.7. The minimum Gasteiger partial charge on any atom is -0.384 e. The third kappa shape index (κ3) is 12.2. The number of hydrogen-bond acceptors (Lipinski definition) is 4. The van der Waals surface area contributed by atoms with Crippen LogP contribution in [0, 0.1) is 11.8 Å². The van der Waals surface area contributed by atoms with Crippen molar-refractivity contribution < 1.29 is 9.59 Å². The van der Waals surface area contributed by atoms with Crippen molar-refractivity contribution in [1.82, 2.24) is 16.0 Å². The summed E-state index contributed by atoms with van der Waals surface area (Å²) in [5, 5.41) is 9.54. The van der Waals surface area contributed by atoms with Crippen molar-refractivity contribution in [3.05, 3.63) is 59.9 Å². The average molecular weight is 497 g/mol. The van der Waals surface area contributed by atoms with Crippen LogP contribution in [0.25, 0.3) is 0 Å². The Balaban J connectivity index is 2.86. The van der Waals surface area contributed by atoms with E-state index in [1.165, 1.54) is 5.71 Å². The van der Waals surface area contributed by atoms with Crippen LogP contribution in [0.15, 0.2) is 59.4 Å². The van der Waals surface area contributed by atoms with Crippen LogP contribution >= 0.6 is 0 Å². The van der Waals surface area contributed by atoms with E-state index in [4.69, 9.17) is 4.99 Å². The lowest BCUT2D eigenvalue weighted by Gasteiger charge is -2.23. The first-order chi connectivity index (χ1) is 17.2. The largest absolute Gasteiger partial charge is 0.384 e. The van der Waals surface area contributed by atoms with Gasteiger partial charge >= 0.3 is 0 Å². The zero-order valence-corrected chi connectivity index (χ0v) is 23.4. The van der Waals surface area contributed by atoms with E-state index in [-0.39, 0.29) is 23.8 Å². The average Bonchev–Trinajstić information content (AvgIpc) is 2.85. The van der Waals surface area contributed by atoms with Gasteiger partial charge in [-0.2, -0.15) is 0 Å². The fourth-order valence-corrected chi connectivity index (χ4v) is 3.96. The molecule has 200 valence electrons. The van der Waals surface area contributed by atoms with E-state index in [1.807, 2.05) is 63.4 Å². The van der Waals surface area contributed by atoms with Gasteiger partial charge in [0, 0.05) is 42.4 Å². The lowest BCUT2D eigenvalue weighted by Crippen LogP contribution is -2.50. The van der Waals surface area contributed by atoms with Crippen LogP contribution in [-0.4, -0.2) is 36.2 Å². The summed E-state index contributed by atoms with van der Waals surface area (Å²) in [5.41, 5.74) is 3.17. The topological polar surface area (TPSA) is 82.6 Å². The summed E-state index contributed by atoms with van der Waals surface area (Å²) < 4.78 is 0. The molecular formula is C30H48N4O2. The number of nitrogens with one attached hydrogen (secondary N) is 3. The fourth-order valence-electron chi connectivity index (χ4n) is 3.96. The first-order valence-corrected chi connectivity index (χ1v) is 13.5. The number of rotatable bonds is 16. The lowest BCUT2D eigenvalue weighted by atomic mass is 9.95. The number of amides is 2. The van der Waals surface area contributed by atoms with Crippen molar-refractivity contribution in [2.24, 2.45) is 16.8 Å². The molecule has 36 heavy (non-hydrogen) atoms. The Morgan fingerprint density at radius 3 is 2.28 bits per heavy atom. The Hall–Kier alpha value is -2.89. The summed E-state index contributed by atoms with van der Waals surface area (Å²) in [5.74, 6) is -0.0766. The summed E-state index contributed by atoms with van der Waals surface area (Å²) in [6.07, 6.45) is 10.3. The van der Waals surface area contributed by atoms with Gasteiger partial charge < -0.3 is 16.0 Å². The van der Waals surface area contributed by atoms with Crippen LogP contribution in [0.4, 0.5) is 0 Å². The number of carbonyl (C=O) groups excluding carboxylic acids is 2. The van der Waals surface area contributed by atoms with E-state index in [0.717, 1.165) is 36.9 Å². The summed E-state index contributed by atoms with van der Waals surface area (Å²) in [4.78, 5) is 30.2. The molecule has 0 heterocycles. The second-order valence-electron chi connectivity index (χ2n) is 9.80. The maximum absolute atomic E-state index is 13.1. The molecule has 6 nitrogen and oxygen atoms in total. The number of carbonyl (C=O) groups is 2. The van der Waals surface area contributed by atoms with E-state index in [0.29, 0.717) is 18.9 Å². The van der Waals surface area contributed by atoms with Crippen molar-refractivity contribution in [2.45, 2.75) is 92.7 Å². The molecule has 0 radical (unpaired) electrons. The molecular weight excluding hydrogens is 448 g/mol. The van der Waals surface area contributed by atoms with E-state index < -0.39 is 6.04 Å². The van der Waals surface area contributed by atoms with Gasteiger partial charge in [0.2, 0.25) is 11.8 Å². The molecule has 1 rings (SSSR count). The van der Waals surface area contributed by atoms with Gasteiger partial charge in [-0.15, -0.1) is 0 Å². The zero-order chi connectivity index (χ0) is 26.9. The van der Waals surface area contributed by atoms with Crippen LogP contribution < -0.4 is 16.0 Å². The molecule has 3 atom stereocenters. The quantitative estimate of drug-likeness (QED) is 0.262. The Bertz CT molecular complexity index is 874. The Morgan fingerprint density at radius 1 is 1.00 bits per heavy atom. The van der Waals surface area contributed by atoms with E-state index in [9.17, 15) is 9.59 Å². The number of aliphatic imine (C=N–C) groups is 1. The van der Waals surface area contributed by atoms with Crippen molar-refractivity contribution >= 4 is 17.5 Å². The highest BCUT2D eigenvalue weighted by Gasteiger charge is 2.23. The van der Waals surface area contributed by atoms with E-state index >= 15 is 0 Å². The van der Waals surface area contributed by atoms with Gasteiger partial charge in [0.15, 0.2) is 0 Å². The van der Waals surface area contributed by atoms with Crippen LogP contribution in [0.5, 0.6) is 0 Å². The van der Waals surface area contributed by atoms with Crippen molar-refractivity contribution in [3.63, 3.8) is 0 Å². The highest BCUT2D eigenvalue weighted by Crippen LogP contribution is 2.13. The predicted molar refractivity (Wildman–Crippen MR) is 152 cm³/mol.